The molecule has 0 N–H and O–H groups in total. The van der Waals surface area contributed by atoms with Crippen LogP contribution < -0.4 is 0 Å². The molecule has 0 fully saturated rings. The molecular weight excluding hydrogens is 254 g/mol. The van der Waals surface area contributed by atoms with Crippen molar-refractivity contribution in [3.63, 3.8) is 0 Å². The fourth-order valence-electron chi connectivity index (χ4n) is 1.99. The van der Waals surface area contributed by atoms with E-state index in [1.165, 1.54) is 10.3 Å². The molecule has 19 heavy (non-hydrogen) atoms. The number of para-hydroxylation sites is 1. The molecule has 0 radical (unpaired) electrons. The molecule has 0 aliphatic heterocycles. The number of rotatable bonds is 4. The summed E-state index contributed by atoms with van der Waals surface area (Å²) in [6, 6.07) is 10.1. The molecule has 0 spiro atoms. The van der Waals surface area contributed by atoms with Crippen LogP contribution in [0.1, 0.15) is 0 Å². The first-order valence-corrected chi connectivity index (χ1v) is 7.00. The summed E-state index contributed by atoms with van der Waals surface area (Å²) < 4.78 is 2.03. The maximum Gasteiger partial charge on any atom is 0.234 e. The molecule has 0 amide bonds. The second kappa shape index (κ2) is 5.28. The third-order valence-electron chi connectivity index (χ3n) is 2.80. The predicted molar refractivity (Wildman–Crippen MR) is 79.8 cm³/mol. The summed E-state index contributed by atoms with van der Waals surface area (Å²) in [5.74, 6) is 1.59. The minimum absolute atomic E-state index is 0.698. The highest BCUT2D eigenvalue weighted by Crippen LogP contribution is 2.31. The minimum Gasteiger partial charge on any atom is -0.284 e. The summed E-state index contributed by atoms with van der Waals surface area (Å²) in [5, 5.41) is 1.22. The van der Waals surface area contributed by atoms with Gasteiger partial charge in [-0.1, -0.05) is 24.3 Å². The van der Waals surface area contributed by atoms with Crippen LogP contribution in [-0.2, 0) is 0 Å². The van der Waals surface area contributed by atoms with E-state index < -0.39 is 0 Å². The van der Waals surface area contributed by atoms with E-state index in [1.807, 2.05) is 22.8 Å². The second-order valence-corrected chi connectivity index (χ2v) is 5.09. The zero-order valence-corrected chi connectivity index (χ0v) is 11.2. The molecule has 3 aromatic rings. The normalized spacial score (nSPS) is 10.7. The number of hydrogen-bond donors (Lipinski definition) is 0. The van der Waals surface area contributed by atoms with Gasteiger partial charge in [0.25, 0.3) is 0 Å². The Hall–Kier alpha value is -2.07. The fraction of sp³-hybridized carbons (Fsp3) is 0.0667. The Balaban J connectivity index is 2.17. The zero-order valence-electron chi connectivity index (χ0n) is 10.4. The first kappa shape index (κ1) is 12.0. The molecule has 3 rings (SSSR count). The lowest BCUT2D eigenvalue weighted by atomic mass is 10.2. The van der Waals surface area contributed by atoms with Gasteiger partial charge in [0.1, 0.15) is 0 Å². The molecule has 0 unspecified atom stereocenters. The van der Waals surface area contributed by atoms with E-state index in [4.69, 9.17) is 0 Å². The number of hydrogen-bond acceptors (Lipinski definition) is 3. The third kappa shape index (κ3) is 2.27. The number of benzene rings is 1. The second-order valence-electron chi connectivity index (χ2n) is 4.03. The van der Waals surface area contributed by atoms with Crippen LogP contribution in [0.5, 0.6) is 0 Å². The molecule has 0 atom stereocenters. The van der Waals surface area contributed by atoms with Crippen molar-refractivity contribution >= 4 is 22.7 Å². The highest BCUT2D eigenvalue weighted by atomic mass is 32.2. The van der Waals surface area contributed by atoms with Gasteiger partial charge in [0.05, 0.1) is 5.52 Å². The van der Waals surface area contributed by atoms with Crippen LogP contribution >= 0.6 is 11.8 Å². The predicted octanol–water partition coefficient (Wildman–Crippen LogP) is 3.70. The average molecular weight is 267 g/mol. The zero-order chi connectivity index (χ0) is 13.1. The van der Waals surface area contributed by atoms with Gasteiger partial charge >= 0.3 is 0 Å². The van der Waals surface area contributed by atoms with E-state index in [9.17, 15) is 0 Å². The lowest BCUT2D eigenvalue weighted by molar-refractivity contribution is 0.955. The Kier molecular flexibility index (Phi) is 3.33. The van der Waals surface area contributed by atoms with Crippen LogP contribution in [0.3, 0.4) is 0 Å². The Labute approximate surface area is 116 Å². The number of nitrogens with zero attached hydrogens (tertiary/aromatic N) is 3. The topological polar surface area (TPSA) is 30.7 Å². The van der Waals surface area contributed by atoms with Gasteiger partial charge in [-0.2, -0.15) is 0 Å². The molecule has 0 saturated heterocycles. The lowest BCUT2D eigenvalue weighted by Crippen LogP contribution is -1.97. The third-order valence-corrected chi connectivity index (χ3v) is 3.84. The Morgan fingerprint density at radius 1 is 1.16 bits per heavy atom. The fourth-order valence-corrected chi connectivity index (χ4v) is 2.80. The molecule has 0 aliphatic rings. The summed E-state index contributed by atoms with van der Waals surface area (Å²) in [6.45, 7) is 3.77. The molecule has 3 nitrogen and oxygen atoms in total. The van der Waals surface area contributed by atoms with Crippen molar-refractivity contribution in [1.29, 1.82) is 0 Å². The van der Waals surface area contributed by atoms with E-state index in [-0.39, 0.29) is 0 Å². The van der Waals surface area contributed by atoms with Crippen LogP contribution in [0.25, 0.3) is 16.9 Å². The van der Waals surface area contributed by atoms with Crippen molar-refractivity contribution in [2.45, 2.75) is 4.90 Å². The maximum atomic E-state index is 4.32. The van der Waals surface area contributed by atoms with E-state index in [0.29, 0.717) is 5.95 Å². The summed E-state index contributed by atoms with van der Waals surface area (Å²) in [6.07, 6.45) is 7.52. The van der Waals surface area contributed by atoms with Crippen LogP contribution in [0.15, 0.2) is 66.5 Å². The van der Waals surface area contributed by atoms with Crippen molar-refractivity contribution in [2.24, 2.45) is 0 Å². The van der Waals surface area contributed by atoms with E-state index in [2.05, 4.69) is 40.9 Å². The van der Waals surface area contributed by atoms with E-state index in [1.54, 1.807) is 24.2 Å². The standard InChI is InChI=1S/C15H13N3S/c1-2-10-19-14-11-18(15-16-8-5-9-17-15)13-7-4-3-6-12(13)14/h2-9,11H,1,10H2. The van der Waals surface area contributed by atoms with Crippen LogP contribution in [0, 0.1) is 0 Å². The highest BCUT2D eigenvalue weighted by molar-refractivity contribution is 7.99. The van der Waals surface area contributed by atoms with Crippen molar-refractivity contribution in [2.75, 3.05) is 5.75 Å². The minimum atomic E-state index is 0.698. The summed E-state index contributed by atoms with van der Waals surface area (Å²) in [5.41, 5.74) is 1.13. The molecule has 2 aromatic heterocycles. The highest BCUT2D eigenvalue weighted by Gasteiger charge is 2.10. The molecule has 1 aromatic carbocycles. The van der Waals surface area contributed by atoms with Gasteiger partial charge in [-0.15, -0.1) is 18.3 Å². The molecule has 0 saturated carbocycles. The molecule has 2 heterocycles. The van der Waals surface area contributed by atoms with Crippen molar-refractivity contribution in [3.8, 4) is 5.95 Å². The SMILES string of the molecule is C=CCSc1cn(-c2ncccn2)c2ccccc12. The Morgan fingerprint density at radius 2 is 1.95 bits per heavy atom. The van der Waals surface area contributed by atoms with Gasteiger partial charge in [-0.3, -0.25) is 4.57 Å². The summed E-state index contributed by atoms with van der Waals surface area (Å²) in [4.78, 5) is 9.86. The maximum absolute atomic E-state index is 4.32. The Morgan fingerprint density at radius 3 is 2.74 bits per heavy atom. The Bertz CT molecular complexity index is 704. The molecule has 94 valence electrons. The molecule has 4 heteroatoms. The molecule has 0 bridgehead atoms. The van der Waals surface area contributed by atoms with Crippen LogP contribution in [0.2, 0.25) is 0 Å². The summed E-state index contributed by atoms with van der Waals surface area (Å²) in [7, 11) is 0. The molecular formula is C15H13N3S. The van der Waals surface area contributed by atoms with Gasteiger partial charge in [-0.05, 0) is 12.1 Å². The van der Waals surface area contributed by atoms with Crippen LogP contribution in [-0.4, -0.2) is 20.3 Å². The largest absolute Gasteiger partial charge is 0.284 e. The number of aromatic nitrogens is 3. The smallest absolute Gasteiger partial charge is 0.234 e. The molecule has 0 aliphatic carbocycles. The number of thioether (sulfide) groups is 1. The van der Waals surface area contributed by atoms with Gasteiger partial charge in [0.15, 0.2) is 0 Å². The van der Waals surface area contributed by atoms with E-state index >= 15 is 0 Å². The van der Waals surface area contributed by atoms with Gasteiger partial charge < -0.3 is 0 Å². The van der Waals surface area contributed by atoms with Crippen LogP contribution in [0.4, 0.5) is 0 Å². The van der Waals surface area contributed by atoms with Crippen molar-refractivity contribution in [1.82, 2.24) is 14.5 Å². The summed E-state index contributed by atoms with van der Waals surface area (Å²) >= 11 is 1.77. The van der Waals surface area contributed by atoms with Crippen molar-refractivity contribution < 1.29 is 0 Å². The van der Waals surface area contributed by atoms with Gasteiger partial charge in [-0.25, -0.2) is 9.97 Å². The quantitative estimate of drug-likeness (QED) is 0.533. The van der Waals surface area contributed by atoms with Gasteiger partial charge in [0, 0.05) is 34.6 Å². The lowest BCUT2D eigenvalue weighted by Gasteiger charge is -2.01. The van der Waals surface area contributed by atoms with E-state index in [0.717, 1.165) is 11.3 Å². The monoisotopic (exact) mass is 267 g/mol. The number of fused-ring (bicyclic) bond motifs is 1. The first-order valence-electron chi connectivity index (χ1n) is 6.01. The van der Waals surface area contributed by atoms with Crippen molar-refractivity contribution in [3.05, 3.63) is 61.6 Å². The first-order chi connectivity index (χ1) is 9.40. The average Bonchev–Trinajstić information content (AvgIpc) is 2.85. The van der Waals surface area contributed by atoms with Gasteiger partial charge in [0.2, 0.25) is 5.95 Å².